The Balaban J connectivity index is 1.68. The largest absolute Gasteiger partial charge is 0.332 e. The summed E-state index contributed by atoms with van der Waals surface area (Å²) in [5.74, 6) is 0.709. The van der Waals surface area contributed by atoms with E-state index >= 15 is 0 Å². The maximum atomic E-state index is 13.4. The first-order chi connectivity index (χ1) is 14.8. The summed E-state index contributed by atoms with van der Waals surface area (Å²) in [6.45, 7) is 7.77. The molecular formula is C24H25N5O2. The Morgan fingerprint density at radius 1 is 0.935 bits per heavy atom. The van der Waals surface area contributed by atoms with Crippen LogP contribution in [0.5, 0.6) is 0 Å². The predicted molar refractivity (Wildman–Crippen MR) is 122 cm³/mol. The van der Waals surface area contributed by atoms with Gasteiger partial charge in [-0.25, -0.2) is 4.79 Å². The van der Waals surface area contributed by atoms with Crippen molar-refractivity contribution in [2.45, 2.75) is 33.9 Å². The average Bonchev–Trinajstić information content (AvgIpc) is 3.28. The van der Waals surface area contributed by atoms with Crippen molar-refractivity contribution < 1.29 is 0 Å². The van der Waals surface area contributed by atoms with Crippen LogP contribution in [0, 0.1) is 20.8 Å². The van der Waals surface area contributed by atoms with Crippen molar-refractivity contribution in [3.8, 4) is 0 Å². The Kier molecular flexibility index (Phi) is 4.36. The zero-order chi connectivity index (χ0) is 21.9. The van der Waals surface area contributed by atoms with Crippen LogP contribution in [0.4, 0.5) is 11.6 Å². The number of imidazole rings is 1. The molecule has 0 fully saturated rings. The zero-order valence-corrected chi connectivity index (χ0v) is 18.2. The monoisotopic (exact) mass is 415 g/mol. The van der Waals surface area contributed by atoms with Gasteiger partial charge >= 0.3 is 5.69 Å². The molecule has 2 aromatic heterocycles. The lowest BCUT2D eigenvalue weighted by Gasteiger charge is -2.17. The molecule has 0 amide bonds. The molecule has 1 aliphatic rings. The molecule has 4 aromatic rings. The van der Waals surface area contributed by atoms with Gasteiger partial charge in [-0.3, -0.25) is 13.9 Å². The van der Waals surface area contributed by atoms with Crippen molar-refractivity contribution in [2.75, 3.05) is 11.4 Å². The van der Waals surface area contributed by atoms with E-state index in [2.05, 4.69) is 36.9 Å². The number of aromatic nitrogens is 4. The highest BCUT2D eigenvalue weighted by atomic mass is 16.2. The third-order valence-electron chi connectivity index (χ3n) is 5.94. The molecule has 2 aromatic carbocycles. The van der Waals surface area contributed by atoms with Crippen LogP contribution in [0.1, 0.15) is 22.3 Å². The molecule has 7 nitrogen and oxygen atoms in total. The number of aryl methyl sites for hydroxylation is 4. The van der Waals surface area contributed by atoms with Crippen molar-refractivity contribution in [3.05, 3.63) is 85.6 Å². The van der Waals surface area contributed by atoms with Crippen LogP contribution in [0.25, 0.3) is 11.2 Å². The molecule has 0 atom stereocenters. The number of anilines is 2. The standard InChI is InChI=1S/C24H25N5O2/c1-15-6-5-7-18(11-15)14-29-22(30)20-21(26(4)24(29)31)25-23-27(8-9-28(20)23)19-12-16(2)10-17(3)13-19/h5-7,10-13H,8-9,14H2,1-4H3. The van der Waals surface area contributed by atoms with Crippen molar-refractivity contribution in [3.63, 3.8) is 0 Å². The summed E-state index contributed by atoms with van der Waals surface area (Å²) in [7, 11) is 1.68. The molecule has 0 unspecified atom stereocenters. The Morgan fingerprint density at radius 2 is 1.68 bits per heavy atom. The van der Waals surface area contributed by atoms with E-state index in [1.54, 1.807) is 7.05 Å². The lowest BCUT2D eigenvalue weighted by Crippen LogP contribution is -2.40. The summed E-state index contributed by atoms with van der Waals surface area (Å²) < 4.78 is 4.74. The maximum absolute atomic E-state index is 13.4. The van der Waals surface area contributed by atoms with E-state index in [1.807, 2.05) is 35.8 Å². The lowest BCUT2D eigenvalue weighted by atomic mass is 10.1. The second-order valence-electron chi connectivity index (χ2n) is 8.46. The van der Waals surface area contributed by atoms with E-state index in [1.165, 1.54) is 20.3 Å². The third-order valence-corrected chi connectivity index (χ3v) is 5.94. The number of rotatable bonds is 3. The summed E-state index contributed by atoms with van der Waals surface area (Å²) >= 11 is 0. The first-order valence-electron chi connectivity index (χ1n) is 10.4. The summed E-state index contributed by atoms with van der Waals surface area (Å²) in [6.07, 6.45) is 0. The van der Waals surface area contributed by atoms with Gasteiger partial charge in [-0.05, 0) is 49.6 Å². The Bertz CT molecular complexity index is 1440. The number of nitrogens with zero attached hydrogens (tertiary/aromatic N) is 5. The van der Waals surface area contributed by atoms with Crippen LogP contribution >= 0.6 is 0 Å². The first-order valence-corrected chi connectivity index (χ1v) is 10.4. The van der Waals surface area contributed by atoms with Crippen LogP contribution in [0.15, 0.2) is 52.1 Å². The van der Waals surface area contributed by atoms with E-state index in [9.17, 15) is 9.59 Å². The fourth-order valence-electron chi connectivity index (χ4n) is 4.56. The maximum Gasteiger partial charge on any atom is 0.332 e. The minimum absolute atomic E-state index is 0.241. The van der Waals surface area contributed by atoms with Crippen molar-refractivity contribution in [1.29, 1.82) is 0 Å². The number of fused-ring (bicyclic) bond motifs is 3. The van der Waals surface area contributed by atoms with Gasteiger partial charge in [0.25, 0.3) is 5.56 Å². The molecule has 1 aliphatic heterocycles. The normalized spacial score (nSPS) is 13.2. The van der Waals surface area contributed by atoms with E-state index in [0.29, 0.717) is 23.7 Å². The quantitative estimate of drug-likeness (QED) is 0.516. The summed E-state index contributed by atoms with van der Waals surface area (Å²) in [6, 6.07) is 14.3. The molecule has 0 radical (unpaired) electrons. The Labute approximate surface area is 179 Å². The average molecular weight is 415 g/mol. The van der Waals surface area contributed by atoms with Gasteiger partial charge in [0.1, 0.15) is 0 Å². The molecule has 0 N–H and O–H groups in total. The predicted octanol–water partition coefficient (Wildman–Crippen LogP) is 3.02. The van der Waals surface area contributed by atoms with Gasteiger partial charge in [-0.2, -0.15) is 4.98 Å². The zero-order valence-electron chi connectivity index (χ0n) is 18.2. The molecular weight excluding hydrogens is 390 g/mol. The van der Waals surface area contributed by atoms with E-state index in [4.69, 9.17) is 4.98 Å². The van der Waals surface area contributed by atoms with Crippen LogP contribution in [0.2, 0.25) is 0 Å². The highest BCUT2D eigenvalue weighted by molar-refractivity contribution is 5.78. The van der Waals surface area contributed by atoms with Gasteiger partial charge in [0.15, 0.2) is 11.2 Å². The number of benzene rings is 2. The van der Waals surface area contributed by atoms with Crippen LogP contribution in [-0.4, -0.2) is 25.2 Å². The number of hydrogen-bond acceptors (Lipinski definition) is 4. The van der Waals surface area contributed by atoms with Crippen LogP contribution in [-0.2, 0) is 20.1 Å². The minimum Gasteiger partial charge on any atom is -0.310 e. The van der Waals surface area contributed by atoms with Crippen molar-refractivity contribution in [1.82, 2.24) is 18.7 Å². The molecule has 31 heavy (non-hydrogen) atoms. The van der Waals surface area contributed by atoms with Crippen LogP contribution < -0.4 is 16.1 Å². The van der Waals surface area contributed by atoms with E-state index < -0.39 is 0 Å². The topological polar surface area (TPSA) is 65.1 Å². The first kappa shape index (κ1) is 19.4. The lowest BCUT2D eigenvalue weighted by molar-refractivity contribution is 0.652. The molecule has 7 heteroatoms. The van der Waals surface area contributed by atoms with E-state index in [-0.39, 0.29) is 17.8 Å². The highest BCUT2D eigenvalue weighted by Gasteiger charge is 2.29. The molecule has 158 valence electrons. The Morgan fingerprint density at radius 3 is 2.39 bits per heavy atom. The second kappa shape index (κ2) is 6.97. The molecule has 0 aliphatic carbocycles. The van der Waals surface area contributed by atoms with Gasteiger partial charge in [0, 0.05) is 25.8 Å². The minimum atomic E-state index is -0.353. The molecule has 0 spiro atoms. The molecule has 5 rings (SSSR count). The fraction of sp³-hybridized carbons (Fsp3) is 0.292. The third kappa shape index (κ3) is 3.08. The second-order valence-corrected chi connectivity index (χ2v) is 8.46. The Hall–Kier alpha value is -3.61. The molecule has 0 saturated carbocycles. The van der Waals surface area contributed by atoms with Gasteiger partial charge in [-0.1, -0.05) is 35.9 Å². The smallest absolute Gasteiger partial charge is 0.310 e. The van der Waals surface area contributed by atoms with Crippen molar-refractivity contribution in [2.24, 2.45) is 7.05 Å². The summed E-state index contributed by atoms with van der Waals surface area (Å²) in [4.78, 5) is 33.3. The van der Waals surface area contributed by atoms with Crippen molar-refractivity contribution >= 4 is 22.8 Å². The van der Waals surface area contributed by atoms with Gasteiger partial charge in [-0.15, -0.1) is 0 Å². The van der Waals surface area contributed by atoms with Gasteiger partial charge in [0.2, 0.25) is 5.95 Å². The summed E-state index contributed by atoms with van der Waals surface area (Å²) in [5, 5.41) is 0. The van der Waals surface area contributed by atoms with Crippen LogP contribution in [0.3, 0.4) is 0 Å². The molecule has 3 heterocycles. The molecule has 0 saturated heterocycles. The fourth-order valence-corrected chi connectivity index (χ4v) is 4.56. The van der Waals surface area contributed by atoms with E-state index in [0.717, 1.165) is 23.4 Å². The van der Waals surface area contributed by atoms with Gasteiger partial charge in [0.05, 0.1) is 6.54 Å². The highest BCUT2D eigenvalue weighted by Crippen LogP contribution is 2.32. The summed E-state index contributed by atoms with van der Waals surface area (Å²) in [5.41, 5.74) is 5.70. The molecule has 0 bridgehead atoms. The van der Waals surface area contributed by atoms with Gasteiger partial charge < -0.3 is 9.47 Å². The SMILES string of the molecule is Cc1cccc(Cn2c(=O)c3c(nc4n3CCN4c3cc(C)cc(C)c3)n(C)c2=O)c1. The number of hydrogen-bond donors (Lipinski definition) is 0.